The van der Waals surface area contributed by atoms with E-state index >= 15 is 0 Å². The largest absolute Gasteiger partial charge is 0.486 e. The maximum atomic E-state index is 12.6. The van der Waals surface area contributed by atoms with Crippen molar-refractivity contribution in [3.63, 3.8) is 0 Å². The van der Waals surface area contributed by atoms with Gasteiger partial charge in [-0.2, -0.15) is 13.2 Å². The average molecular weight is 368 g/mol. The van der Waals surface area contributed by atoms with Crippen LogP contribution in [0.15, 0.2) is 35.1 Å². The highest BCUT2D eigenvalue weighted by Gasteiger charge is 2.32. The van der Waals surface area contributed by atoms with Crippen LogP contribution in [0.2, 0.25) is 0 Å². The van der Waals surface area contributed by atoms with Crippen LogP contribution < -0.4 is 20.3 Å². The van der Waals surface area contributed by atoms with Crippen LogP contribution in [0.3, 0.4) is 0 Å². The Morgan fingerprint density at radius 2 is 1.85 bits per heavy atom. The number of hydrogen-bond acceptors (Lipinski definition) is 4. The number of fused-ring (bicyclic) bond motifs is 1. The van der Waals surface area contributed by atoms with Gasteiger partial charge in [0.1, 0.15) is 24.5 Å². The quantitative estimate of drug-likeness (QED) is 0.873. The zero-order chi connectivity index (χ0) is 18.9. The summed E-state index contributed by atoms with van der Waals surface area (Å²) in [5, 5.41) is 2.58. The molecule has 0 aliphatic carbocycles. The second-order valence-electron chi connectivity index (χ2n) is 5.71. The van der Waals surface area contributed by atoms with E-state index in [1.807, 2.05) is 0 Å². The van der Waals surface area contributed by atoms with Crippen molar-refractivity contribution >= 4 is 5.91 Å². The topological polar surface area (TPSA) is 80.4 Å². The van der Waals surface area contributed by atoms with Crippen LogP contribution in [0.4, 0.5) is 13.2 Å². The Balaban J connectivity index is 1.76. The SMILES string of the molecule is CC(NC(=O)c1ccc(C(F)(F)F)[nH]c1=O)c1ccc2c(c1)OCCO2. The van der Waals surface area contributed by atoms with E-state index in [1.165, 1.54) is 0 Å². The van der Waals surface area contributed by atoms with Crippen molar-refractivity contribution < 1.29 is 27.4 Å². The average Bonchev–Trinajstić information content (AvgIpc) is 2.60. The minimum atomic E-state index is -4.69. The van der Waals surface area contributed by atoms with Gasteiger partial charge >= 0.3 is 6.18 Å². The first-order valence-corrected chi connectivity index (χ1v) is 7.76. The van der Waals surface area contributed by atoms with Crippen LogP contribution in [-0.4, -0.2) is 24.1 Å². The van der Waals surface area contributed by atoms with Crippen molar-refractivity contribution in [1.82, 2.24) is 10.3 Å². The van der Waals surface area contributed by atoms with Gasteiger partial charge in [-0.15, -0.1) is 0 Å². The molecular weight excluding hydrogens is 353 g/mol. The zero-order valence-electron chi connectivity index (χ0n) is 13.6. The molecule has 1 atom stereocenters. The van der Waals surface area contributed by atoms with Crippen LogP contribution in [0, 0.1) is 0 Å². The zero-order valence-corrected chi connectivity index (χ0v) is 13.6. The van der Waals surface area contributed by atoms with Gasteiger partial charge in [-0.25, -0.2) is 0 Å². The molecular formula is C17H15F3N2O4. The first-order chi connectivity index (χ1) is 12.3. The van der Waals surface area contributed by atoms with Gasteiger partial charge in [0.05, 0.1) is 6.04 Å². The highest BCUT2D eigenvalue weighted by atomic mass is 19.4. The van der Waals surface area contributed by atoms with Gasteiger partial charge in [-0.3, -0.25) is 9.59 Å². The summed E-state index contributed by atoms with van der Waals surface area (Å²) in [7, 11) is 0. The lowest BCUT2D eigenvalue weighted by atomic mass is 10.1. The van der Waals surface area contributed by atoms with Gasteiger partial charge in [-0.1, -0.05) is 6.07 Å². The Morgan fingerprint density at radius 1 is 1.15 bits per heavy atom. The Kier molecular flexibility index (Phi) is 4.62. The van der Waals surface area contributed by atoms with Crippen molar-refractivity contribution in [3.05, 3.63) is 57.5 Å². The number of aromatic amines is 1. The van der Waals surface area contributed by atoms with Gasteiger partial charge in [0, 0.05) is 0 Å². The molecule has 0 radical (unpaired) electrons. The molecule has 0 fully saturated rings. The summed E-state index contributed by atoms with van der Waals surface area (Å²) in [5.41, 5.74) is -2.01. The van der Waals surface area contributed by atoms with Gasteiger partial charge in [-0.05, 0) is 36.8 Å². The molecule has 1 aliphatic rings. The maximum absolute atomic E-state index is 12.6. The van der Waals surface area contributed by atoms with E-state index in [9.17, 15) is 22.8 Å². The van der Waals surface area contributed by atoms with E-state index in [-0.39, 0.29) is 0 Å². The standard InChI is InChI=1S/C17H15F3N2O4/c1-9(10-2-4-12-13(8-10)26-7-6-25-12)21-15(23)11-3-5-14(17(18,19)20)22-16(11)24/h2-5,8-9H,6-7H2,1H3,(H,21,23)(H,22,24). The molecule has 6 nitrogen and oxygen atoms in total. The van der Waals surface area contributed by atoms with E-state index < -0.39 is 34.9 Å². The summed E-state index contributed by atoms with van der Waals surface area (Å²) in [4.78, 5) is 25.7. The summed E-state index contributed by atoms with van der Waals surface area (Å²) in [5.74, 6) is 0.363. The lowest BCUT2D eigenvalue weighted by Crippen LogP contribution is -2.32. The second-order valence-corrected chi connectivity index (χ2v) is 5.71. The van der Waals surface area contributed by atoms with Crippen LogP contribution >= 0.6 is 0 Å². The lowest BCUT2D eigenvalue weighted by molar-refractivity contribution is -0.141. The molecule has 1 aromatic heterocycles. The normalized spacial score (nSPS) is 14.6. The molecule has 1 unspecified atom stereocenters. The van der Waals surface area contributed by atoms with Gasteiger partial charge in [0.25, 0.3) is 11.5 Å². The van der Waals surface area contributed by atoms with Gasteiger partial charge in [0.2, 0.25) is 0 Å². The van der Waals surface area contributed by atoms with E-state index in [4.69, 9.17) is 9.47 Å². The van der Waals surface area contributed by atoms with Crippen molar-refractivity contribution in [2.45, 2.75) is 19.1 Å². The minimum absolute atomic E-state index is 0.401. The van der Waals surface area contributed by atoms with Crippen molar-refractivity contribution in [2.24, 2.45) is 0 Å². The number of carbonyl (C=O) groups is 1. The summed E-state index contributed by atoms with van der Waals surface area (Å²) in [6, 6.07) is 6.15. The van der Waals surface area contributed by atoms with E-state index in [2.05, 4.69) is 5.32 Å². The van der Waals surface area contributed by atoms with Crippen LogP contribution in [0.1, 0.15) is 34.6 Å². The Hall–Kier alpha value is -2.97. The highest BCUT2D eigenvalue weighted by molar-refractivity contribution is 5.94. The molecule has 2 aromatic rings. The monoisotopic (exact) mass is 368 g/mol. The number of pyridine rings is 1. The Bertz CT molecular complexity index is 892. The molecule has 9 heteroatoms. The molecule has 0 spiro atoms. The molecule has 26 heavy (non-hydrogen) atoms. The number of benzene rings is 1. The molecule has 2 heterocycles. The molecule has 1 amide bonds. The number of rotatable bonds is 3. The van der Waals surface area contributed by atoms with E-state index in [1.54, 1.807) is 30.1 Å². The van der Waals surface area contributed by atoms with Crippen LogP contribution in [0.25, 0.3) is 0 Å². The number of ether oxygens (including phenoxy) is 2. The fourth-order valence-electron chi connectivity index (χ4n) is 2.50. The molecule has 3 rings (SSSR count). The minimum Gasteiger partial charge on any atom is -0.486 e. The molecule has 0 saturated carbocycles. The number of carbonyl (C=O) groups excluding carboxylic acids is 1. The second kappa shape index (κ2) is 6.74. The number of alkyl halides is 3. The van der Waals surface area contributed by atoms with Gasteiger partial charge < -0.3 is 19.8 Å². The lowest BCUT2D eigenvalue weighted by Gasteiger charge is -2.21. The molecule has 2 N–H and O–H groups in total. The molecule has 1 aromatic carbocycles. The number of aromatic nitrogens is 1. The number of nitrogens with one attached hydrogen (secondary N) is 2. The third-order valence-electron chi connectivity index (χ3n) is 3.87. The summed E-state index contributed by atoms with van der Waals surface area (Å²) >= 11 is 0. The van der Waals surface area contributed by atoms with Crippen molar-refractivity contribution in [1.29, 1.82) is 0 Å². The predicted octanol–water partition coefficient (Wildman–Crippen LogP) is 2.66. The molecule has 0 bridgehead atoms. The number of hydrogen-bond donors (Lipinski definition) is 2. The Labute approximate surface area is 145 Å². The number of amides is 1. The maximum Gasteiger partial charge on any atom is 0.431 e. The van der Waals surface area contributed by atoms with Gasteiger partial charge in [0.15, 0.2) is 11.5 Å². The molecule has 1 aliphatic heterocycles. The summed E-state index contributed by atoms with van der Waals surface area (Å²) in [6.07, 6.45) is -4.69. The number of halogens is 3. The number of H-pyrrole nitrogens is 1. The summed E-state index contributed by atoms with van der Waals surface area (Å²) < 4.78 is 48.6. The van der Waals surface area contributed by atoms with E-state index in [0.717, 1.165) is 6.07 Å². The predicted molar refractivity (Wildman–Crippen MR) is 85.4 cm³/mol. The van der Waals surface area contributed by atoms with Crippen molar-refractivity contribution in [3.8, 4) is 11.5 Å². The first kappa shape index (κ1) is 17.8. The highest BCUT2D eigenvalue weighted by Crippen LogP contribution is 2.32. The third kappa shape index (κ3) is 3.66. The Morgan fingerprint density at radius 3 is 2.50 bits per heavy atom. The third-order valence-corrected chi connectivity index (χ3v) is 3.87. The smallest absolute Gasteiger partial charge is 0.431 e. The fourth-order valence-corrected chi connectivity index (χ4v) is 2.50. The molecule has 138 valence electrons. The first-order valence-electron chi connectivity index (χ1n) is 7.76. The van der Waals surface area contributed by atoms with Crippen LogP contribution in [0.5, 0.6) is 11.5 Å². The van der Waals surface area contributed by atoms with E-state index in [0.29, 0.717) is 36.3 Å². The molecule has 0 saturated heterocycles. The van der Waals surface area contributed by atoms with Crippen LogP contribution in [-0.2, 0) is 6.18 Å². The fraction of sp³-hybridized carbons (Fsp3) is 0.294. The summed E-state index contributed by atoms with van der Waals surface area (Å²) in [6.45, 7) is 2.55. The van der Waals surface area contributed by atoms with Crippen molar-refractivity contribution in [2.75, 3.05) is 13.2 Å².